The molecule has 4 atom stereocenters. The molecule has 0 aromatic carbocycles. The van der Waals surface area contributed by atoms with Crippen LogP contribution in [0.3, 0.4) is 0 Å². The molecule has 0 bridgehead atoms. The first kappa shape index (κ1) is 13.4. The molecular weight excluding hydrogens is 208 g/mol. The zero-order valence-corrected chi connectivity index (χ0v) is 11.7. The van der Waals surface area contributed by atoms with Crippen molar-refractivity contribution in [1.82, 2.24) is 0 Å². The van der Waals surface area contributed by atoms with E-state index in [0.717, 1.165) is 24.2 Å². The van der Waals surface area contributed by atoms with E-state index in [4.69, 9.17) is 0 Å². The van der Waals surface area contributed by atoms with Crippen LogP contribution in [0.25, 0.3) is 0 Å². The Morgan fingerprint density at radius 1 is 0.941 bits per heavy atom. The molecule has 0 aromatic rings. The highest BCUT2D eigenvalue weighted by Crippen LogP contribution is 2.44. The molecule has 17 heavy (non-hydrogen) atoms. The molecular formula is C16H30O. The van der Waals surface area contributed by atoms with Crippen molar-refractivity contribution >= 4 is 0 Å². The van der Waals surface area contributed by atoms with Gasteiger partial charge in [-0.2, -0.15) is 0 Å². The van der Waals surface area contributed by atoms with Crippen LogP contribution in [0.1, 0.15) is 71.6 Å². The van der Waals surface area contributed by atoms with Crippen LogP contribution in [0.5, 0.6) is 0 Å². The molecule has 0 aliphatic heterocycles. The first-order valence-corrected chi connectivity index (χ1v) is 7.85. The molecule has 0 aromatic heterocycles. The van der Waals surface area contributed by atoms with Crippen molar-refractivity contribution in [2.75, 3.05) is 0 Å². The Kier molecular flexibility index (Phi) is 4.90. The molecule has 2 rings (SSSR count). The lowest BCUT2D eigenvalue weighted by Gasteiger charge is -2.41. The maximum atomic E-state index is 10.3. The third-order valence-corrected chi connectivity index (χ3v) is 5.16. The van der Waals surface area contributed by atoms with Crippen molar-refractivity contribution < 1.29 is 5.11 Å². The SMILES string of the molecule is CC(C)CCC(O)C1CCC2CCCCC2C1. The summed E-state index contributed by atoms with van der Waals surface area (Å²) in [4.78, 5) is 0. The lowest BCUT2D eigenvalue weighted by atomic mass is 9.66. The summed E-state index contributed by atoms with van der Waals surface area (Å²) in [6, 6.07) is 0. The van der Waals surface area contributed by atoms with Crippen LogP contribution in [-0.2, 0) is 0 Å². The fraction of sp³-hybridized carbons (Fsp3) is 1.00. The van der Waals surface area contributed by atoms with Gasteiger partial charge < -0.3 is 5.11 Å². The van der Waals surface area contributed by atoms with Gasteiger partial charge >= 0.3 is 0 Å². The minimum Gasteiger partial charge on any atom is -0.393 e. The molecule has 2 aliphatic rings. The van der Waals surface area contributed by atoms with Crippen molar-refractivity contribution in [1.29, 1.82) is 0 Å². The van der Waals surface area contributed by atoms with Crippen molar-refractivity contribution in [3.05, 3.63) is 0 Å². The molecule has 2 saturated carbocycles. The number of fused-ring (bicyclic) bond motifs is 1. The molecule has 0 amide bonds. The predicted molar refractivity (Wildman–Crippen MR) is 72.9 cm³/mol. The van der Waals surface area contributed by atoms with Crippen molar-refractivity contribution in [2.24, 2.45) is 23.7 Å². The molecule has 0 spiro atoms. The second-order valence-corrected chi connectivity index (χ2v) is 6.92. The average Bonchev–Trinajstić information content (AvgIpc) is 2.35. The monoisotopic (exact) mass is 238 g/mol. The van der Waals surface area contributed by atoms with Gasteiger partial charge in [-0.25, -0.2) is 0 Å². The summed E-state index contributed by atoms with van der Waals surface area (Å²) in [6.07, 6.45) is 12.0. The Balaban J connectivity index is 1.78. The summed E-state index contributed by atoms with van der Waals surface area (Å²) in [6.45, 7) is 4.51. The summed E-state index contributed by atoms with van der Waals surface area (Å²) in [5.74, 6) is 3.32. The fourth-order valence-corrected chi connectivity index (χ4v) is 4.00. The van der Waals surface area contributed by atoms with E-state index in [1.807, 2.05) is 0 Å². The summed E-state index contributed by atoms with van der Waals surface area (Å²) in [5, 5.41) is 10.3. The number of hydrogen-bond donors (Lipinski definition) is 1. The summed E-state index contributed by atoms with van der Waals surface area (Å²) < 4.78 is 0. The number of rotatable bonds is 4. The van der Waals surface area contributed by atoms with Crippen LogP contribution >= 0.6 is 0 Å². The molecule has 100 valence electrons. The van der Waals surface area contributed by atoms with Gasteiger partial charge in [0.25, 0.3) is 0 Å². The van der Waals surface area contributed by atoms with Gasteiger partial charge in [-0.15, -0.1) is 0 Å². The van der Waals surface area contributed by atoms with Crippen LogP contribution in [0.2, 0.25) is 0 Å². The minimum atomic E-state index is -0.0136. The van der Waals surface area contributed by atoms with Gasteiger partial charge in [-0.05, 0) is 55.8 Å². The van der Waals surface area contributed by atoms with Crippen LogP contribution < -0.4 is 0 Å². The maximum absolute atomic E-state index is 10.3. The van der Waals surface area contributed by atoms with Gasteiger partial charge in [0.05, 0.1) is 6.10 Å². The third-order valence-electron chi connectivity index (χ3n) is 5.16. The van der Waals surface area contributed by atoms with Crippen molar-refractivity contribution in [2.45, 2.75) is 77.7 Å². The van der Waals surface area contributed by atoms with Crippen LogP contribution in [0, 0.1) is 23.7 Å². The van der Waals surface area contributed by atoms with E-state index in [1.54, 1.807) is 0 Å². The van der Waals surface area contributed by atoms with E-state index in [9.17, 15) is 5.11 Å². The van der Waals surface area contributed by atoms with Gasteiger partial charge in [0.1, 0.15) is 0 Å². The van der Waals surface area contributed by atoms with Gasteiger partial charge in [-0.1, -0.05) is 39.5 Å². The van der Waals surface area contributed by atoms with Crippen molar-refractivity contribution in [3.8, 4) is 0 Å². The number of hydrogen-bond acceptors (Lipinski definition) is 1. The quantitative estimate of drug-likeness (QED) is 0.770. The summed E-state index contributed by atoms with van der Waals surface area (Å²) >= 11 is 0. The smallest absolute Gasteiger partial charge is 0.0568 e. The summed E-state index contributed by atoms with van der Waals surface area (Å²) in [7, 11) is 0. The normalized spacial score (nSPS) is 35.6. The highest BCUT2D eigenvalue weighted by molar-refractivity contribution is 4.85. The second-order valence-electron chi connectivity index (χ2n) is 6.92. The first-order valence-electron chi connectivity index (χ1n) is 7.85. The molecule has 2 fully saturated rings. The zero-order chi connectivity index (χ0) is 12.3. The lowest BCUT2D eigenvalue weighted by Crippen LogP contribution is -2.33. The van der Waals surface area contributed by atoms with Crippen molar-refractivity contribution in [3.63, 3.8) is 0 Å². The van der Waals surface area contributed by atoms with E-state index in [2.05, 4.69) is 13.8 Å². The lowest BCUT2D eigenvalue weighted by molar-refractivity contribution is 0.0284. The topological polar surface area (TPSA) is 20.2 Å². The van der Waals surface area contributed by atoms with Gasteiger partial charge in [0.15, 0.2) is 0 Å². The minimum absolute atomic E-state index is 0.0136. The van der Waals surface area contributed by atoms with Crippen LogP contribution in [-0.4, -0.2) is 11.2 Å². The molecule has 0 radical (unpaired) electrons. The van der Waals surface area contributed by atoms with E-state index >= 15 is 0 Å². The molecule has 1 N–H and O–H groups in total. The second kappa shape index (κ2) is 6.22. The number of aliphatic hydroxyl groups excluding tert-OH is 1. The average molecular weight is 238 g/mol. The van der Waals surface area contributed by atoms with Gasteiger partial charge in [0.2, 0.25) is 0 Å². The summed E-state index contributed by atoms with van der Waals surface area (Å²) in [5.41, 5.74) is 0. The van der Waals surface area contributed by atoms with E-state index in [-0.39, 0.29) is 6.10 Å². The Bertz CT molecular complexity index is 224. The van der Waals surface area contributed by atoms with E-state index in [0.29, 0.717) is 5.92 Å². The Morgan fingerprint density at radius 2 is 1.65 bits per heavy atom. The van der Waals surface area contributed by atoms with E-state index < -0.39 is 0 Å². The zero-order valence-electron chi connectivity index (χ0n) is 11.7. The Labute approximate surface area is 107 Å². The predicted octanol–water partition coefficient (Wildman–Crippen LogP) is 4.39. The fourth-order valence-electron chi connectivity index (χ4n) is 4.00. The third kappa shape index (κ3) is 3.71. The van der Waals surface area contributed by atoms with Gasteiger partial charge in [-0.3, -0.25) is 0 Å². The number of aliphatic hydroxyl groups is 1. The van der Waals surface area contributed by atoms with Gasteiger partial charge in [0, 0.05) is 0 Å². The largest absolute Gasteiger partial charge is 0.393 e. The maximum Gasteiger partial charge on any atom is 0.0568 e. The molecule has 0 saturated heterocycles. The molecule has 2 aliphatic carbocycles. The first-order chi connectivity index (χ1) is 8.16. The highest BCUT2D eigenvalue weighted by Gasteiger charge is 2.34. The van der Waals surface area contributed by atoms with E-state index in [1.165, 1.54) is 51.4 Å². The molecule has 1 heteroatoms. The molecule has 4 unspecified atom stereocenters. The molecule has 1 nitrogen and oxygen atoms in total. The standard InChI is InChI=1S/C16H30O/c1-12(2)7-10-16(17)15-9-8-13-5-3-4-6-14(13)11-15/h12-17H,3-11H2,1-2H3. The Morgan fingerprint density at radius 3 is 2.35 bits per heavy atom. The molecule has 0 heterocycles. The Hall–Kier alpha value is -0.0400. The van der Waals surface area contributed by atoms with Crippen LogP contribution in [0.4, 0.5) is 0 Å². The highest BCUT2D eigenvalue weighted by atomic mass is 16.3. The van der Waals surface area contributed by atoms with Crippen LogP contribution in [0.15, 0.2) is 0 Å².